The summed E-state index contributed by atoms with van der Waals surface area (Å²) in [5.41, 5.74) is 1.25. The molecule has 5 nitrogen and oxygen atoms in total. The molecule has 0 saturated heterocycles. The molecule has 0 aliphatic heterocycles. The van der Waals surface area contributed by atoms with E-state index in [9.17, 15) is 23.1 Å². The first-order valence-corrected chi connectivity index (χ1v) is 10.3. The highest BCUT2D eigenvalue weighted by molar-refractivity contribution is 5.94. The number of nitrogens with one attached hydrogen (secondary N) is 1. The molecular formula is C25H25F3N2O3. The number of amides is 1. The zero-order valence-electron chi connectivity index (χ0n) is 18.2. The first-order valence-electron chi connectivity index (χ1n) is 10.3. The van der Waals surface area contributed by atoms with Crippen molar-refractivity contribution < 1.29 is 27.8 Å². The summed E-state index contributed by atoms with van der Waals surface area (Å²) < 4.78 is 46.1. The van der Waals surface area contributed by atoms with Crippen molar-refractivity contribution in [1.29, 1.82) is 0 Å². The predicted octanol–water partition coefficient (Wildman–Crippen LogP) is 4.93. The number of ether oxygens (including phenoxy) is 1. The molecule has 0 radical (unpaired) electrons. The van der Waals surface area contributed by atoms with Crippen LogP contribution >= 0.6 is 0 Å². The monoisotopic (exact) mass is 458 g/mol. The van der Waals surface area contributed by atoms with Gasteiger partial charge in [-0.15, -0.1) is 0 Å². The number of benzene rings is 3. The van der Waals surface area contributed by atoms with Crippen LogP contribution in [0.1, 0.15) is 27.5 Å². The zero-order valence-corrected chi connectivity index (χ0v) is 18.2. The average Bonchev–Trinajstić information content (AvgIpc) is 2.79. The van der Waals surface area contributed by atoms with E-state index in [1.54, 1.807) is 74.8 Å². The molecule has 3 aromatic rings. The third kappa shape index (κ3) is 6.57. The van der Waals surface area contributed by atoms with Gasteiger partial charge in [-0.05, 0) is 47.5 Å². The molecular weight excluding hydrogens is 433 g/mol. The highest BCUT2D eigenvalue weighted by Crippen LogP contribution is 2.33. The number of nitrogens with zero attached hydrogens (tertiary/aromatic N) is 1. The van der Waals surface area contributed by atoms with Gasteiger partial charge in [0.15, 0.2) is 6.10 Å². The van der Waals surface area contributed by atoms with Gasteiger partial charge in [0.25, 0.3) is 5.91 Å². The lowest BCUT2D eigenvalue weighted by Gasteiger charge is -2.27. The van der Waals surface area contributed by atoms with Gasteiger partial charge >= 0.3 is 6.18 Å². The molecule has 33 heavy (non-hydrogen) atoms. The topological polar surface area (TPSA) is 61.8 Å². The lowest BCUT2D eigenvalue weighted by atomic mass is 10.00. The number of halogens is 3. The second-order valence-electron chi connectivity index (χ2n) is 7.73. The summed E-state index contributed by atoms with van der Waals surface area (Å²) in [6.45, 7) is 0.0100. The van der Waals surface area contributed by atoms with Crippen molar-refractivity contribution in [3.63, 3.8) is 0 Å². The molecule has 0 bridgehead atoms. The summed E-state index contributed by atoms with van der Waals surface area (Å²) >= 11 is 0. The number of aliphatic hydroxyl groups is 1. The van der Waals surface area contributed by atoms with Crippen LogP contribution in [0.3, 0.4) is 0 Å². The largest absolute Gasteiger partial charge is 0.457 e. The van der Waals surface area contributed by atoms with Crippen LogP contribution in [0.25, 0.3) is 0 Å². The fourth-order valence-electron chi connectivity index (χ4n) is 3.30. The van der Waals surface area contributed by atoms with Crippen LogP contribution in [-0.2, 0) is 6.54 Å². The van der Waals surface area contributed by atoms with Crippen molar-refractivity contribution in [2.75, 3.05) is 14.1 Å². The first-order chi connectivity index (χ1) is 15.6. The maximum absolute atomic E-state index is 13.4. The number of carbonyl (C=O) groups excluding carboxylic acids is 1. The highest BCUT2D eigenvalue weighted by atomic mass is 19.4. The molecule has 0 spiro atoms. The fourth-order valence-corrected chi connectivity index (χ4v) is 3.30. The van der Waals surface area contributed by atoms with Gasteiger partial charge in [-0.3, -0.25) is 4.79 Å². The van der Waals surface area contributed by atoms with Crippen LogP contribution in [0.5, 0.6) is 11.5 Å². The van der Waals surface area contributed by atoms with E-state index in [2.05, 4.69) is 5.32 Å². The molecule has 0 saturated carbocycles. The Bertz CT molecular complexity index is 1070. The minimum absolute atomic E-state index is 0.0100. The number of hydrogen-bond donors (Lipinski definition) is 2. The van der Waals surface area contributed by atoms with Crippen LogP contribution in [0.15, 0.2) is 78.9 Å². The Morgan fingerprint density at radius 3 is 2.30 bits per heavy atom. The lowest BCUT2D eigenvalue weighted by Crippen LogP contribution is -2.41. The van der Waals surface area contributed by atoms with Crippen LogP contribution in [0.2, 0.25) is 0 Å². The van der Waals surface area contributed by atoms with E-state index in [0.29, 0.717) is 22.6 Å². The molecule has 174 valence electrons. The summed E-state index contributed by atoms with van der Waals surface area (Å²) in [6, 6.07) is 20.2. The Labute approximate surface area is 190 Å². The Kier molecular flexibility index (Phi) is 7.73. The number of aliphatic hydroxyl groups excluding tert-OH is 1. The van der Waals surface area contributed by atoms with Crippen molar-refractivity contribution in [3.8, 4) is 11.5 Å². The minimum Gasteiger partial charge on any atom is -0.457 e. The van der Waals surface area contributed by atoms with Gasteiger partial charge in [0.05, 0.1) is 6.04 Å². The number of carbonyl (C=O) groups is 1. The molecule has 0 fully saturated rings. The molecule has 3 rings (SSSR count). The SMILES string of the molecule is CN(C)C(=O)c1cccc(CNC(c2cccc(Oc3ccccc3)c2)C(O)C(F)(F)F)c1. The van der Waals surface area contributed by atoms with Gasteiger partial charge in [0, 0.05) is 26.2 Å². The Morgan fingerprint density at radius 1 is 0.970 bits per heavy atom. The molecule has 1 amide bonds. The predicted molar refractivity (Wildman–Crippen MR) is 119 cm³/mol. The van der Waals surface area contributed by atoms with Crippen LogP contribution in [0.4, 0.5) is 13.2 Å². The van der Waals surface area contributed by atoms with E-state index in [4.69, 9.17) is 4.74 Å². The van der Waals surface area contributed by atoms with Gasteiger partial charge in [0.2, 0.25) is 0 Å². The molecule has 2 unspecified atom stereocenters. The van der Waals surface area contributed by atoms with Crippen molar-refractivity contribution >= 4 is 5.91 Å². The standard InChI is InChI=1S/C25H25F3N2O3/c1-30(2)24(32)19-10-6-8-17(14-19)16-29-22(23(31)25(26,27)28)18-9-7-13-21(15-18)33-20-11-4-3-5-12-20/h3-15,22-23,29,31H,16H2,1-2H3. The van der Waals surface area contributed by atoms with Crippen LogP contribution in [-0.4, -0.2) is 42.3 Å². The molecule has 8 heteroatoms. The Balaban J connectivity index is 1.84. The normalized spacial score (nSPS) is 13.3. The molecule has 0 aliphatic rings. The lowest BCUT2D eigenvalue weighted by molar-refractivity contribution is -0.213. The summed E-state index contributed by atoms with van der Waals surface area (Å²) in [5, 5.41) is 12.9. The average molecular weight is 458 g/mol. The fraction of sp³-hybridized carbons (Fsp3) is 0.240. The maximum atomic E-state index is 13.4. The number of para-hydroxylation sites is 1. The van der Waals surface area contributed by atoms with Crippen molar-refractivity contribution in [3.05, 3.63) is 95.6 Å². The van der Waals surface area contributed by atoms with E-state index in [1.165, 1.54) is 17.0 Å². The van der Waals surface area contributed by atoms with Gasteiger partial charge in [-0.2, -0.15) is 13.2 Å². The summed E-state index contributed by atoms with van der Waals surface area (Å²) in [5.74, 6) is 0.672. The molecule has 0 heterocycles. The number of rotatable bonds is 8. The van der Waals surface area contributed by atoms with E-state index in [1.807, 2.05) is 6.07 Å². The van der Waals surface area contributed by atoms with Crippen molar-refractivity contribution in [2.45, 2.75) is 24.9 Å². The molecule has 2 atom stereocenters. The van der Waals surface area contributed by atoms with Gasteiger partial charge in [0.1, 0.15) is 11.5 Å². The zero-order chi connectivity index (χ0) is 24.0. The number of alkyl halides is 3. The summed E-state index contributed by atoms with van der Waals surface area (Å²) in [6.07, 6.45) is -7.48. The smallest absolute Gasteiger partial charge is 0.416 e. The maximum Gasteiger partial charge on any atom is 0.416 e. The molecule has 2 N–H and O–H groups in total. The van der Waals surface area contributed by atoms with Crippen LogP contribution < -0.4 is 10.1 Å². The van der Waals surface area contributed by atoms with E-state index >= 15 is 0 Å². The first kappa shape index (κ1) is 24.3. The highest BCUT2D eigenvalue weighted by Gasteiger charge is 2.44. The second-order valence-corrected chi connectivity index (χ2v) is 7.73. The molecule has 0 aromatic heterocycles. The van der Waals surface area contributed by atoms with E-state index < -0.39 is 18.3 Å². The molecule has 0 aliphatic carbocycles. The minimum atomic E-state index is -4.84. The summed E-state index contributed by atoms with van der Waals surface area (Å²) in [7, 11) is 3.24. The Hall–Kier alpha value is -3.36. The summed E-state index contributed by atoms with van der Waals surface area (Å²) in [4.78, 5) is 13.6. The van der Waals surface area contributed by atoms with Gasteiger partial charge < -0.3 is 20.1 Å². The van der Waals surface area contributed by atoms with Crippen LogP contribution in [0, 0.1) is 0 Å². The van der Waals surface area contributed by atoms with E-state index in [0.717, 1.165) is 0 Å². The van der Waals surface area contributed by atoms with Crippen molar-refractivity contribution in [1.82, 2.24) is 10.2 Å². The number of hydrogen-bond acceptors (Lipinski definition) is 4. The Morgan fingerprint density at radius 2 is 1.64 bits per heavy atom. The second kappa shape index (κ2) is 10.5. The van der Waals surface area contributed by atoms with E-state index in [-0.39, 0.29) is 18.0 Å². The van der Waals surface area contributed by atoms with Gasteiger partial charge in [-0.1, -0.05) is 42.5 Å². The molecule has 3 aromatic carbocycles. The van der Waals surface area contributed by atoms with Gasteiger partial charge in [-0.25, -0.2) is 0 Å². The quantitative estimate of drug-likeness (QED) is 0.502. The third-order valence-corrected chi connectivity index (χ3v) is 4.95. The van der Waals surface area contributed by atoms with Crippen molar-refractivity contribution in [2.24, 2.45) is 0 Å². The third-order valence-electron chi connectivity index (χ3n) is 4.95.